The summed E-state index contributed by atoms with van der Waals surface area (Å²) in [7, 11) is 0. The van der Waals surface area contributed by atoms with Gasteiger partial charge < -0.3 is 0 Å². The number of hydrogen-bond donors (Lipinski definition) is 1. The van der Waals surface area contributed by atoms with E-state index in [9.17, 15) is 0 Å². The van der Waals surface area contributed by atoms with E-state index in [1.165, 1.54) is 107 Å². The van der Waals surface area contributed by atoms with Crippen molar-refractivity contribution >= 4 is 12.6 Å². The lowest BCUT2D eigenvalue weighted by atomic mass is 10.0. The Morgan fingerprint density at radius 3 is 1.69 bits per heavy atom. The molecule has 1 rings (SSSR count). The van der Waals surface area contributed by atoms with Gasteiger partial charge in [-0.25, -0.2) is 4.57 Å². The van der Waals surface area contributed by atoms with Crippen molar-refractivity contribution in [2.24, 2.45) is 0 Å². The molecule has 148 valence electrons. The Morgan fingerprint density at radius 2 is 1.27 bits per heavy atom. The zero-order chi connectivity index (χ0) is 19.3. The van der Waals surface area contributed by atoms with Crippen LogP contribution in [-0.4, -0.2) is 0 Å². The second kappa shape index (κ2) is 20.3. The summed E-state index contributed by atoms with van der Waals surface area (Å²) in [5.74, 6) is 0. The van der Waals surface area contributed by atoms with Gasteiger partial charge in [-0.2, -0.15) is 5.26 Å². The monoisotopic (exact) mass is 377 g/mol. The molecule has 1 heterocycles. The van der Waals surface area contributed by atoms with Gasteiger partial charge in [0.2, 0.25) is 0 Å². The van der Waals surface area contributed by atoms with Crippen LogP contribution in [0.15, 0.2) is 24.5 Å². The van der Waals surface area contributed by atoms with E-state index in [1.54, 1.807) is 0 Å². The van der Waals surface area contributed by atoms with E-state index in [-0.39, 0.29) is 0 Å². The molecule has 2 nitrogen and oxygen atoms in total. The minimum atomic E-state index is 1.18. The third-order valence-corrected chi connectivity index (χ3v) is 4.78. The van der Waals surface area contributed by atoms with Gasteiger partial charge in [0.05, 0.1) is 0 Å². The molecule has 0 N–H and O–H groups in total. The SMILES string of the molecule is CCCCCCCCCCCCCCCC[n+]1cccc(C)c1.N#CS. The minimum absolute atomic E-state index is 1.18. The molecular formula is C23H41N2S+. The minimum Gasteiger partial charge on any atom is -0.205 e. The summed E-state index contributed by atoms with van der Waals surface area (Å²) in [5, 5.41) is 8.63. The van der Waals surface area contributed by atoms with Crippen molar-refractivity contribution in [3.63, 3.8) is 0 Å². The van der Waals surface area contributed by atoms with Crippen LogP contribution < -0.4 is 4.57 Å². The largest absolute Gasteiger partial charge is 0.205 e. The maximum Gasteiger partial charge on any atom is 0.171 e. The highest BCUT2D eigenvalue weighted by Gasteiger charge is 2.00. The second-order valence-electron chi connectivity index (χ2n) is 7.32. The zero-order valence-corrected chi connectivity index (χ0v) is 18.2. The van der Waals surface area contributed by atoms with Gasteiger partial charge in [0.15, 0.2) is 12.4 Å². The standard InChI is InChI=1S/C22H40N.CHNS/c1-3-4-5-6-7-8-9-10-11-12-13-14-15-16-19-23-20-17-18-22(2)21-23;2-1-3/h17-18,20-21H,3-16,19H2,1-2H3;3H/q+1;. The highest BCUT2D eigenvalue weighted by atomic mass is 32.1. The molecule has 0 bridgehead atoms. The zero-order valence-electron chi connectivity index (χ0n) is 17.3. The number of pyridine rings is 1. The molecule has 1 aromatic heterocycles. The predicted octanol–water partition coefficient (Wildman–Crippen LogP) is 7.16. The van der Waals surface area contributed by atoms with Crippen molar-refractivity contribution in [2.75, 3.05) is 0 Å². The van der Waals surface area contributed by atoms with Gasteiger partial charge in [-0.15, -0.1) is 0 Å². The fraction of sp³-hybridized carbons (Fsp3) is 0.739. The number of nitriles is 1. The van der Waals surface area contributed by atoms with Crippen LogP contribution in [0.3, 0.4) is 0 Å². The summed E-state index contributed by atoms with van der Waals surface area (Å²) in [6.07, 6.45) is 24.5. The lowest BCUT2D eigenvalue weighted by Crippen LogP contribution is -2.32. The van der Waals surface area contributed by atoms with Crippen molar-refractivity contribution in [3.05, 3.63) is 30.1 Å². The number of thiol groups is 1. The Kier molecular flexibility index (Phi) is 19.5. The van der Waals surface area contributed by atoms with E-state index in [0.29, 0.717) is 0 Å². The lowest BCUT2D eigenvalue weighted by molar-refractivity contribution is -0.697. The smallest absolute Gasteiger partial charge is 0.171 e. The fourth-order valence-electron chi connectivity index (χ4n) is 3.28. The molecule has 0 aromatic carbocycles. The van der Waals surface area contributed by atoms with Crippen molar-refractivity contribution in [2.45, 2.75) is 110 Å². The third-order valence-electron chi connectivity index (χ3n) is 4.78. The summed E-state index contributed by atoms with van der Waals surface area (Å²) >= 11 is 3.09. The molecule has 0 unspecified atom stereocenters. The normalized spacial score (nSPS) is 10.1. The molecule has 0 radical (unpaired) electrons. The number of aryl methyl sites for hydroxylation is 2. The van der Waals surface area contributed by atoms with Gasteiger partial charge in [0.1, 0.15) is 11.9 Å². The number of unbranched alkanes of at least 4 members (excludes halogenated alkanes) is 13. The van der Waals surface area contributed by atoms with Gasteiger partial charge in [0, 0.05) is 18.1 Å². The van der Waals surface area contributed by atoms with Crippen molar-refractivity contribution in [1.82, 2.24) is 0 Å². The first-order valence-corrected chi connectivity index (χ1v) is 11.2. The highest BCUT2D eigenvalue weighted by Crippen LogP contribution is 2.12. The van der Waals surface area contributed by atoms with E-state index in [4.69, 9.17) is 5.26 Å². The Morgan fingerprint density at radius 1 is 0.846 bits per heavy atom. The quantitative estimate of drug-likeness (QED) is 0.149. The highest BCUT2D eigenvalue weighted by molar-refractivity contribution is 7.85. The van der Waals surface area contributed by atoms with Gasteiger partial charge in [0.25, 0.3) is 0 Å². The number of nitrogens with zero attached hydrogens (tertiary/aromatic N) is 2. The topological polar surface area (TPSA) is 27.7 Å². The summed E-state index contributed by atoms with van der Waals surface area (Å²) in [4.78, 5) is 0. The van der Waals surface area contributed by atoms with Crippen molar-refractivity contribution in [1.29, 1.82) is 5.26 Å². The first-order valence-electron chi connectivity index (χ1n) is 10.7. The van der Waals surface area contributed by atoms with Crippen LogP contribution in [0.2, 0.25) is 0 Å². The summed E-state index contributed by atoms with van der Waals surface area (Å²) in [6.45, 7) is 5.64. The molecule has 0 aliphatic heterocycles. The fourth-order valence-corrected chi connectivity index (χ4v) is 3.28. The second-order valence-corrected chi connectivity index (χ2v) is 7.52. The van der Waals surface area contributed by atoms with Crippen LogP contribution in [0.1, 0.15) is 102 Å². The van der Waals surface area contributed by atoms with Crippen LogP contribution in [0.5, 0.6) is 0 Å². The van der Waals surface area contributed by atoms with E-state index < -0.39 is 0 Å². The summed E-state index contributed by atoms with van der Waals surface area (Å²) in [6, 6.07) is 4.32. The Balaban J connectivity index is 0.00000194. The number of thiocyanates is 1. The third kappa shape index (κ3) is 17.8. The summed E-state index contributed by atoms with van der Waals surface area (Å²) < 4.78 is 2.33. The number of hydrogen-bond acceptors (Lipinski definition) is 2. The van der Waals surface area contributed by atoms with Crippen LogP contribution in [0.25, 0.3) is 0 Å². The molecule has 3 heteroatoms. The molecule has 0 amide bonds. The van der Waals surface area contributed by atoms with E-state index in [0.717, 1.165) is 0 Å². The maximum absolute atomic E-state index is 7.18. The molecule has 0 fully saturated rings. The molecule has 0 saturated heterocycles. The number of aromatic nitrogens is 1. The van der Waals surface area contributed by atoms with E-state index in [2.05, 4.69) is 55.6 Å². The molecule has 0 aliphatic rings. The average molecular weight is 378 g/mol. The summed E-state index contributed by atoms with van der Waals surface area (Å²) in [5.41, 5.74) is 1.36. The Bertz CT molecular complexity index is 454. The predicted molar refractivity (Wildman–Crippen MR) is 116 cm³/mol. The van der Waals surface area contributed by atoms with Gasteiger partial charge in [-0.05, 0) is 19.4 Å². The van der Waals surface area contributed by atoms with Crippen molar-refractivity contribution < 1.29 is 4.57 Å². The Labute approximate surface area is 168 Å². The van der Waals surface area contributed by atoms with Crippen LogP contribution in [0.4, 0.5) is 0 Å². The van der Waals surface area contributed by atoms with E-state index in [1.807, 2.05) is 0 Å². The first kappa shape index (κ1) is 25.0. The molecule has 0 atom stereocenters. The van der Waals surface area contributed by atoms with Crippen LogP contribution in [-0.2, 0) is 6.54 Å². The molecule has 0 saturated carbocycles. The molecule has 1 aromatic rings. The lowest BCUT2D eigenvalue weighted by Gasteiger charge is -2.03. The van der Waals surface area contributed by atoms with Crippen LogP contribution in [0, 0.1) is 17.6 Å². The van der Waals surface area contributed by atoms with Crippen molar-refractivity contribution in [3.8, 4) is 5.40 Å². The molecule has 0 aliphatic carbocycles. The molecule has 26 heavy (non-hydrogen) atoms. The molecule has 0 spiro atoms. The van der Waals surface area contributed by atoms with Gasteiger partial charge in [-0.1, -0.05) is 96.6 Å². The average Bonchev–Trinajstić information content (AvgIpc) is 2.63. The van der Waals surface area contributed by atoms with Crippen LogP contribution >= 0.6 is 12.6 Å². The maximum atomic E-state index is 7.18. The number of rotatable bonds is 15. The van der Waals surface area contributed by atoms with E-state index >= 15 is 0 Å². The van der Waals surface area contributed by atoms with Gasteiger partial charge >= 0.3 is 0 Å². The van der Waals surface area contributed by atoms with Gasteiger partial charge in [-0.3, -0.25) is 0 Å². The first-order chi connectivity index (χ1) is 12.7. The Hall–Kier alpha value is -1.01. The molecular weight excluding hydrogens is 336 g/mol.